The van der Waals surface area contributed by atoms with E-state index in [1.54, 1.807) is 7.11 Å². The van der Waals surface area contributed by atoms with Crippen LogP contribution in [0.25, 0.3) is 0 Å². The summed E-state index contributed by atoms with van der Waals surface area (Å²) in [6.45, 7) is 0. The van der Waals surface area contributed by atoms with Crippen molar-refractivity contribution in [1.82, 2.24) is 0 Å². The van der Waals surface area contributed by atoms with Crippen LogP contribution >= 0.6 is 0 Å². The molecule has 1 fully saturated rings. The second-order valence-electron chi connectivity index (χ2n) is 4.84. The first kappa shape index (κ1) is 13.4. The van der Waals surface area contributed by atoms with Crippen molar-refractivity contribution in [3.05, 3.63) is 35.1 Å². The Bertz CT molecular complexity index is 441. The number of ether oxygens (including phenoxy) is 1. The van der Waals surface area contributed by atoms with E-state index in [4.69, 9.17) is 10.5 Å². The molecule has 100 valence electrons. The molecule has 0 aliphatic heterocycles. The summed E-state index contributed by atoms with van der Waals surface area (Å²) < 4.78 is 44.9. The van der Waals surface area contributed by atoms with E-state index in [0.717, 1.165) is 25.3 Å². The maximum Gasteiger partial charge on any atom is 0.161 e. The number of nitrogens with two attached hydrogens (primary N) is 1. The molecule has 18 heavy (non-hydrogen) atoms. The normalized spacial score (nSPS) is 19.4. The summed E-state index contributed by atoms with van der Waals surface area (Å²) in [7, 11) is 1.59. The Hall–Kier alpha value is -1.07. The molecule has 2 N–H and O–H groups in total. The Labute approximate surface area is 104 Å². The van der Waals surface area contributed by atoms with E-state index in [2.05, 4.69) is 0 Å². The van der Waals surface area contributed by atoms with Gasteiger partial charge in [-0.05, 0) is 31.7 Å². The molecule has 0 bridgehead atoms. The summed E-state index contributed by atoms with van der Waals surface area (Å²) in [6.07, 6.45) is 3.18. The summed E-state index contributed by atoms with van der Waals surface area (Å²) in [5, 5.41) is 0. The van der Waals surface area contributed by atoms with Crippen molar-refractivity contribution in [1.29, 1.82) is 0 Å². The number of halogens is 3. The van der Waals surface area contributed by atoms with Crippen LogP contribution in [-0.4, -0.2) is 12.7 Å². The van der Waals surface area contributed by atoms with Gasteiger partial charge in [-0.3, -0.25) is 0 Å². The molecule has 0 spiro atoms. The largest absolute Gasteiger partial charge is 0.378 e. The number of benzene rings is 1. The molecule has 0 radical (unpaired) electrons. The lowest BCUT2D eigenvalue weighted by atomic mass is 9.75. The van der Waals surface area contributed by atoms with Gasteiger partial charge in [0.1, 0.15) is 5.82 Å². The van der Waals surface area contributed by atoms with E-state index in [1.165, 1.54) is 0 Å². The molecule has 1 aliphatic carbocycles. The average Bonchev–Trinajstić information content (AvgIpc) is 2.28. The smallest absolute Gasteiger partial charge is 0.161 e. The van der Waals surface area contributed by atoms with Gasteiger partial charge in [-0.1, -0.05) is 0 Å². The highest BCUT2D eigenvalue weighted by Crippen LogP contribution is 2.41. The molecular formula is C13H16F3NO. The molecule has 1 atom stereocenters. The molecule has 1 aromatic carbocycles. The summed E-state index contributed by atoms with van der Waals surface area (Å²) in [4.78, 5) is 0. The molecule has 0 saturated heterocycles. The molecule has 0 heterocycles. The number of rotatable bonds is 4. The first-order chi connectivity index (χ1) is 8.47. The molecule has 0 amide bonds. The van der Waals surface area contributed by atoms with Gasteiger partial charge in [0, 0.05) is 24.8 Å². The van der Waals surface area contributed by atoms with E-state index in [-0.39, 0.29) is 11.2 Å². The van der Waals surface area contributed by atoms with Gasteiger partial charge in [-0.2, -0.15) is 0 Å². The summed E-state index contributed by atoms with van der Waals surface area (Å²) in [6, 6.07) is 0.669. The maximum atomic E-state index is 13.6. The lowest BCUT2D eigenvalue weighted by Gasteiger charge is -2.42. The van der Waals surface area contributed by atoms with Crippen LogP contribution in [0.15, 0.2) is 12.1 Å². The third kappa shape index (κ3) is 2.37. The monoisotopic (exact) mass is 259 g/mol. The fraction of sp³-hybridized carbons (Fsp3) is 0.538. The highest BCUT2D eigenvalue weighted by Gasteiger charge is 2.39. The quantitative estimate of drug-likeness (QED) is 0.843. The van der Waals surface area contributed by atoms with Gasteiger partial charge < -0.3 is 10.5 Å². The van der Waals surface area contributed by atoms with Gasteiger partial charge in [0.05, 0.1) is 5.60 Å². The SMILES string of the molecule is COC1(CC(N)c2cc(F)c(F)cc2F)CCC1. The van der Waals surface area contributed by atoms with E-state index < -0.39 is 23.5 Å². The molecule has 1 aliphatic rings. The lowest BCUT2D eigenvalue weighted by molar-refractivity contribution is -0.0818. The maximum absolute atomic E-state index is 13.6. The Morgan fingerprint density at radius 1 is 1.22 bits per heavy atom. The van der Waals surface area contributed by atoms with Gasteiger partial charge in [0.25, 0.3) is 0 Å². The highest BCUT2D eigenvalue weighted by molar-refractivity contribution is 5.23. The topological polar surface area (TPSA) is 35.2 Å². The number of methoxy groups -OCH3 is 1. The van der Waals surface area contributed by atoms with Crippen molar-refractivity contribution >= 4 is 0 Å². The minimum atomic E-state index is -1.20. The molecule has 1 aromatic rings. The van der Waals surface area contributed by atoms with Gasteiger partial charge >= 0.3 is 0 Å². The van der Waals surface area contributed by atoms with E-state index in [0.29, 0.717) is 12.5 Å². The van der Waals surface area contributed by atoms with Crippen LogP contribution in [0, 0.1) is 17.5 Å². The van der Waals surface area contributed by atoms with Crippen LogP contribution < -0.4 is 5.73 Å². The average molecular weight is 259 g/mol. The Balaban J connectivity index is 2.18. The van der Waals surface area contributed by atoms with Crippen molar-refractivity contribution in [3.8, 4) is 0 Å². The van der Waals surface area contributed by atoms with E-state index >= 15 is 0 Å². The van der Waals surface area contributed by atoms with Crippen LogP contribution in [0.1, 0.15) is 37.3 Å². The second kappa shape index (κ2) is 4.90. The Kier molecular flexibility index (Phi) is 3.64. The summed E-state index contributed by atoms with van der Waals surface area (Å²) >= 11 is 0. The molecule has 1 saturated carbocycles. The van der Waals surface area contributed by atoms with Crippen molar-refractivity contribution in [2.45, 2.75) is 37.3 Å². The van der Waals surface area contributed by atoms with Crippen molar-refractivity contribution < 1.29 is 17.9 Å². The molecule has 2 nitrogen and oxygen atoms in total. The van der Waals surface area contributed by atoms with Crippen LogP contribution in [0.3, 0.4) is 0 Å². The molecule has 5 heteroatoms. The van der Waals surface area contributed by atoms with Gasteiger partial charge in [0.2, 0.25) is 0 Å². The molecular weight excluding hydrogens is 243 g/mol. The van der Waals surface area contributed by atoms with Gasteiger partial charge in [-0.25, -0.2) is 13.2 Å². The minimum absolute atomic E-state index is 0.00257. The highest BCUT2D eigenvalue weighted by atomic mass is 19.2. The van der Waals surface area contributed by atoms with Crippen LogP contribution in [0.5, 0.6) is 0 Å². The fourth-order valence-electron chi connectivity index (χ4n) is 2.40. The zero-order valence-corrected chi connectivity index (χ0v) is 10.2. The third-order valence-electron chi connectivity index (χ3n) is 3.73. The first-order valence-electron chi connectivity index (χ1n) is 5.92. The molecule has 1 unspecified atom stereocenters. The van der Waals surface area contributed by atoms with Crippen LogP contribution in [-0.2, 0) is 4.74 Å². The zero-order valence-electron chi connectivity index (χ0n) is 10.2. The second-order valence-corrected chi connectivity index (χ2v) is 4.84. The van der Waals surface area contributed by atoms with Crippen LogP contribution in [0.4, 0.5) is 13.2 Å². The predicted octanol–water partition coefficient (Wildman–Crippen LogP) is 3.06. The Morgan fingerprint density at radius 2 is 1.83 bits per heavy atom. The minimum Gasteiger partial charge on any atom is -0.378 e. The number of hydrogen-bond donors (Lipinski definition) is 1. The van der Waals surface area contributed by atoms with Crippen LogP contribution in [0.2, 0.25) is 0 Å². The van der Waals surface area contributed by atoms with Gasteiger partial charge in [-0.15, -0.1) is 0 Å². The fourth-order valence-corrected chi connectivity index (χ4v) is 2.40. The predicted molar refractivity (Wildman–Crippen MR) is 61.5 cm³/mol. The standard InChI is InChI=1S/C13H16F3NO/c1-18-13(3-2-4-13)7-12(17)8-5-10(15)11(16)6-9(8)14/h5-6,12H,2-4,7,17H2,1H3. The molecule has 2 rings (SSSR count). The first-order valence-corrected chi connectivity index (χ1v) is 5.92. The zero-order chi connectivity index (χ0) is 13.3. The van der Waals surface area contributed by atoms with Gasteiger partial charge in [0.15, 0.2) is 11.6 Å². The van der Waals surface area contributed by atoms with Crippen molar-refractivity contribution in [3.63, 3.8) is 0 Å². The lowest BCUT2D eigenvalue weighted by Crippen LogP contribution is -2.42. The number of hydrogen-bond acceptors (Lipinski definition) is 2. The van der Waals surface area contributed by atoms with E-state index in [9.17, 15) is 13.2 Å². The van der Waals surface area contributed by atoms with E-state index in [1.807, 2.05) is 0 Å². The summed E-state index contributed by atoms with van der Waals surface area (Å²) in [5.74, 6) is -3.09. The summed E-state index contributed by atoms with van der Waals surface area (Å²) in [5.41, 5.74) is 5.54. The Morgan fingerprint density at radius 3 is 2.33 bits per heavy atom. The molecule has 0 aromatic heterocycles. The van der Waals surface area contributed by atoms with Crippen molar-refractivity contribution in [2.24, 2.45) is 5.73 Å². The van der Waals surface area contributed by atoms with Crippen molar-refractivity contribution in [2.75, 3.05) is 7.11 Å². The third-order valence-corrected chi connectivity index (χ3v) is 3.73.